The molecule has 1 saturated heterocycles. The van der Waals surface area contributed by atoms with Crippen molar-refractivity contribution >= 4 is 17.7 Å². The fourth-order valence-electron chi connectivity index (χ4n) is 4.56. The van der Waals surface area contributed by atoms with E-state index in [0.717, 1.165) is 18.7 Å². The van der Waals surface area contributed by atoms with Crippen molar-refractivity contribution in [1.82, 2.24) is 10.2 Å². The largest absolute Gasteiger partial charge is 0.386 e. The number of fused-ring (bicyclic) bond motifs is 1. The molecule has 5 atom stereocenters. The molecule has 1 aromatic carbocycles. The first-order chi connectivity index (χ1) is 13.1. The number of nitrogens with one attached hydrogen (secondary N) is 1. The molecule has 1 saturated carbocycles. The Morgan fingerprint density at radius 3 is 2.70 bits per heavy atom. The Labute approximate surface area is 167 Å². The molecular weight excluding hydrogens is 358 g/mol. The summed E-state index contributed by atoms with van der Waals surface area (Å²) in [5.41, 5.74) is 4.19. The van der Waals surface area contributed by atoms with Crippen LogP contribution in [0.4, 0.5) is 0 Å². The zero-order valence-corrected chi connectivity index (χ0v) is 17.2. The lowest BCUT2D eigenvalue weighted by Crippen LogP contribution is -2.70. The number of thioether (sulfide) groups is 1. The summed E-state index contributed by atoms with van der Waals surface area (Å²) in [4.78, 5) is 15.9. The number of β-amino-alcohol motifs (C(OH)–C–C–N with tert-alkyl or cyclic N) is 1. The Bertz CT molecular complexity index is 600. The summed E-state index contributed by atoms with van der Waals surface area (Å²) in [5, 5.41) is 13.6. The molecule has 1 aliphatic heterocycles. The number of amides is 1. The molecular formula is C21H34N3O2S+. The monoisotopic (exact) mass is 392 g/mol. The van der Waals surface area contributed by atoms with Crippen molar-refractivity contribution in [2.24, 2.45) is 11.8 Å². The Morgan fingerprint density at radius 1 is 1.30 bits per heavy atom. The maximum atomic E-state index is 12.5. The van der Waals surface area contributed by atoms with E-state index in [4.69, 9.17) is 0 Å². The smallest absolute Gasteiger partial charge is 0.237 e. The highest BCUT2D eigenvalue weighted by Crippen LogP contribution is 2.38. The summed E-state index contributed by atoms with van der Waals surface area (Å²) in [6.45, 7) is 1.46. The van der Waals surface area contributed by atoms with Gasteiger partial charge in [0.25, 0.3) is 0 Å². The molecule has 2 fully saturated rings. The molecule has 0 bridgehead atoms. The average molecular weight is 393 g/mol. The number of rotatable bonds is 7. The summed E-state index contributed by atoms with van der Waals surface area (Å²) < 4.78 is 0. The van der Waals surface area contributed by atoms with Crippen molar-refractivity contribution in [2.45, 2.75) is 55.2 Å². The number of benzene rings is 1. The van der Waals surface area contributed by atoms with Crippen LogP contribution in [0.5, 0.6) is 0 Å². The summed E-state index contributed by atoms with van der Waals surface area (Å²) in [6.07, 6.45) is 5.51. The lowest BCUT2D eigenvalue weighted by Gasteiger charge is -2.46. The fourth-order valence-corrected chi connectivity index (χ4v) is 5.54. The summed E-state index contributed by atoms with van der Waals surface area (Å²) in [5.74, 6) is 2.20. The number of nitrogens with zero attached hydrogens (tertiary/aromatic N) is 1. The van der Waals surface area contributed by atoms with Crippen molar-refractivity contribution in [3.8, 4) is 0 Å². The highest BCUT2D eigenvalue weighted by Gasteiger charge is 2.40. The molecule has 1 heterocycles. The predicted octanol–water partition coefficient (Wildman–Crippen LogP) is 1.38. The number of likely N-dealkylation sites (tertiary alicyclic amines) is 1. The molecule has 1 aromatic rings. The number of carbonyl (C=O) groups excluding carboxylic acids is 1. The Kier molecular flexibility index (Phi) is 7.58. The fraction of sp³-hybridized carbons (Fsp3) is 0.667. The van der Waals surface area contributed by atoms with Crippen molar-refractivity contribution in [2.75, 3.05) is 25.9 Å². The molecule has 3 rings (SSSR count). The van der Waals surface area contributed by atoms with E-state index < -0.39 is 6.10 Å². The van der Waals surface area contributed by atoms with Crippen LogP contribution in [0.1, 0.15) is 32.1 Å². The van der Waals surface area contributed by atoms with Crippen LogP contribution in [0.25, 0.3) is 0 Å². The molecule has 27 heavy (non-hydrogen) atoms. The third-order valence-electron chi connectivity index (χ3n) is 6.22. The molecule has 6 heteroatoms. The minimum Gasteiger partial charge on any atom is -0.386 e. The van der Waals surface area contributed by atoms with Crippen LogP contribution in [-0.4, -0.2) is 60.0 Å². The highest BCUT2D eigenvalue weighted by molar-refractivity contribution is 7.99. The van der Waals surface area contributed by atoms with E-state index in [9.17, 15) is 9.90 Å². The number of aliphatic hydroxyl groups excluding tert-OH is 1. The van der Waals surface area contributed by atoms with Crippen molar-refractivity contribution < 1.29 is 15.6 Å². The lowest BCUT2D eigenvalue weighted by molar-refractivity contribution is -0.430. The van der Waals surface area contributed by atoms with Gasteiger partial charge in [-0.3, -0.25) is 9.69 Å². The first-order valence-corrected chi connectivity index (χ1v) is 11.2. The van der Waals surface area contributed by atoms with Gasteiger partial charge in [-0.1, -0.05) is 37.5 Å². The quantitative estimate of drug-likeness (QED) is 0.613. The van der Waals surface area contributed by atoms with E-state index >= 15 is 0 Å². The first kappa shape index (κ1) is 20.6. The second kappa shape index (κ2) is 9.92. The molecule has 5 unspecified atom stereocenters. The molecule has 1 amide bonds. The maximum Gasteiger partial charge on any atom is 0.237 e. The van der Waals surface area contributed by atoms with Crippen LogP contribution in [0.2, 0.25) is 0 Å². The molecule has 0 aromatic heterocycles. The molecule has 5 N–H and O–H groups in total. The van der Waals surface area contributed by atoms with Crippen molar-refractivity contribution in [3.63, 3.8) is 0 Å². The number of likely N-dealkylation sites (N-methyl/N-ethyl adjacent to an activating group) is 1. The van der Waals surface area contributed by atoms with Gasteiger partial charge in [-0.25, -0.2) is 0 Å². The van der Waals surface area contributed by atoms with Gasteiger partial charge in [0.05, 0.1) is 11.8 Å². The van der Waals surface area contributed by atoms with E-state index in [-0.39, 0.29) is 18.0 Å². The van der Waals surface area contributed by atoms with E-state index in [2.05, 4.69) is 28.1 Å². The highest BCUT2D eigenvalue weighted by atomic mass is 32.2. The maximum absolute atomic E-state index is 12.5. The van der Waals surface area contributed by atoms with Crippen LogP contribution in [0, 0.1) is 11.8 Å². The first-order valence-electron chi connectivity index (χ1n) is 10.2. The number of hydrogen-bond acceptors (Lipinski definition) is 4. The second-order valence-electron chi connectivity index (χ2n) is 8.08. The van der Waals surface area contributed by atoms with Gasteiger partial charge >= 0.3 is 0 Å². The van der Waals surface area contributed by atoms with Gasteiger partial charge in [-0.15, -0.1) is 11.8 Å². The third kappa shape index (κ3) is 5.47. The van der Waals surface area contributed by atoms with Gasteiger partial charge in [-0.05, 0) is 36.8 Å². The summed E-state index contributed by atoms with van der Waals surface area (Å²) in [7, 11) is 1.71. The zero-order chi connectivity index (χ0) is 19.2. The van der Waals surface area contributed by atoms with Crippen LogP contribution >= 0.6 is 11.8 Å². The molecule has 0 radical (unpaired) electrons. The van der Waals surface area contributed by atoms with Crippen LogP contribution in [0.3, 0.4) is 0 Å². The van der Waals surface area contributed by atoms with Crippen LogP contribution in [0.15, 0.2) is 35.2 Å². The molecule has 1 aliphatic carbocycles. The van der Waals surface area contributed by atoms with E-state index in [1.807, 2.05) is 18.2 Å². The average Bonchev–Trinajstić information content (AvgIpc) is 2.71. The van der Waals surface area contributed by atoms with Gasteiger partial charge in [0.1, 0.15) is 12.1 Å². The minimum atomic E-state index is -0.520. The number of carbonyl (C=O) groups is 1. The normalized spacial score (nSPS) is 28.2. The number of piperidine rings is 1. The van der Waals surface area contributed by atoms with Crippen LogP contribution < -0.4 is 11.1 Å². The zero-order valence-electron chi connectivity index (χ0n) is 16.3. The topological polar surface area (TPSA) is 80.2 Å². The lowest BCUT2D eigenvalue weighted by atomic mass is 9.72. The van der Waals surface area contributed by atoms with Gasteiger partial charge in [0.15, 0.2) is 0 Å². The summed E-state index contributed by atoms with van der Waals surface area (Å²) in [6, 6.07) is 10.0. The Hall–Kier alpha value is -1.08. The predicted molar refractivity (Wildman–Crippen MR) is 109 cm³/mol. The number of aliphatic hydroxyl groups is 1. The van der Waals surface area contributed by atoms with Gasteiger partial charge < -0.3 is 16.2 Å². The third-order valence-corrected chi connectivity index (χ3v) is 7.42. The van der Waals surface area contributed by atoms with E-state index in [0.29, 0.717) is 18.4 Å². The minimum absolute atomic E-state index is 0.0652. The number of quaternary nitrogens is 1. The molecule has 150 valence electrons. The standard InChI is InChI=1S/C21H33N3O2S/c1-23-21(26)19-11-15-7-5-6-8-16(15)12-24(19)13-20(25)18(22)14-27-17-9-3-2-4-10-17/h2-4,9-10,15-16,18-20,25H,5-8,11-14,22H2,1H3,(H,23,26)/p+1. The van der Waals surface area contributed by atoms with Crippen molar-refractivity contribution in [3.05, 3.63) is 30.3 Å². The molecule has 5 nitrogen and oxygen atoms in total. The SMILES string of the molecule is CNC(=O)C1CC2CCCCC2CN1CC(O)C([NH3+])CSc1ccccc1. The van der Waals surface area contributed by atoms with Crippen molar-refractivity contribution in [1.29, 1.82) is 0 Å². The van der Waals surface area contributed by atoms with E-state index in [1.54, 1.807) is 18.8 Å². The van der Waals surface area contributed by atoms with Gasteiger partial charge in [-0.2, -0.15) is 0 Å². The number of hydrogen-bond donors (Lipinski definition) is 3. The molecule has 2 aliphatic rings. The van der Waals surface area contributed by atoms with E-state index in [1.165, 1.54) is 30.6 Å². The summed E-state index contributed by atoms with van der Waals surface area (Å²) >= 11 is 1.73. The molecule has 0 spiro atoms. The Balaban J connectivity index is 1.57. The van der Waals surface area contributed by atoms with Gasteiger partial charge in [0, 0.05) is 25.0 Å². The van der Waals surface area contributed by atoms with Crippen LogP contribution in [-0.2, 0) is 4.79 Å². The second-order valence-corrected chi connectivity index (χ2v) is 9.17. The van der Waals surface area contributed by atoms with Gasteiger partial charge in [0.2, 0.25) is 5.91 Å². The Morgan fingerprint density at radius 2 is 2.00 bits per heavy atom.